The third-order valence-electron chi connectivity index (χ3n) is 3.38. The number of benzene rings is 1. The van der Waals surface area contributed by atoms with Gasteiger partial charge in [0.05, 0.1) is 18.4 Å². The number of nitrogens with two attached hydrogens (primary N) is 1. The summed E-state index contributed by atoms with van der Waals surface area (Å²) in [6, 6.07) is 7.46. The standard InChI is InChI=1S/C13H20N2O3S2/c1-15(11-6-7-18-10-11)20(16,17)9-8-19-13-5-3-2-4-12(13)14/h2-5,11H,6-10,14H2,1H3. The van der Waals surface area contributed by atoms with Crippen molar-refractivity contribution >= 4 is 27.5 Å². The highest BCUT2D eigenvalue weighted by atomic mass is 32.2. The molecule has 1 aliphatic rings. The first kappa shape index (κ1) is 15.6. The summed E-state index contributed by atoms with van der Waals surface area (Å²) < 4.78 is 31.1. The summed E-state index contributed by atoms with van der Waals surface area (Å²) in [5, 5.41) is 0. The van der Waals surface area contributed by atoms with Crippen LogP contribution in [0.1, 0.15) is 6.42 Å². The lowest BCUT2D eigenvalue weighted by Crippen LogP contribution is -2.39. The normalized spacial score (nSPS) is 19.6. The predicted molar refractivity (Wildman–Crippen MR) is 82.4 cm³/mol. The van der Waals surface area contributed by atoms with Crippen molar-refractivity contribution in [1.82, 2.24) is 4.31 Å². The number of thioether (sulfide) groups is 1. The van der Waals surface area contributed by atoms with E-state index in [2.05, 4.69) is 0 Å². The van der Waals surface area contributed by atoms with Gasteiger partial charge in [0.15, 0.2) is 0 Å². The van der Waals surface area contributed by atoms with Crippen molar-refractivity contribution in [1.29, 1.82) is 0 Å². The molecule has 2 rings (SSSR count). The van der Waals surface area contributed by atoms with E-state index in [-0.39, 0.29) is 11.8 Å². The minimum absolute atomic E-state index is 0.0215. The minimum Gasteiger partial charge on any atom is -0.398 e. The van der Waals surface area contributed by atoms with Crippen molar-refractivity contribution < 1.29 is 13.2 Å². The van der Waals surface area contributed by atoms with Crippen LogP contribution in [0.25, 0.3) is 0 Å². The Morgan fingerprint density at radius 2 is 2.20 bits per heavy atom. The predicted octanol–water partition coefficient (Wildman–Crippen LogP) is 1.41. The van der Waals surface area contributed by atoms with Gasteiger partial charge in [0.1, 0.15) is 0 Å². The molecule has 1 saturated heterocycles. The summed E-state index contributed by atoms with van der Waals surface area (Å²) in [6.45, 7) is 1.13. The molecule has 7 heteroatoms. The highest BCUT2D eigenvalue weighted by Gasteiger charge is 2.28. The number of nitrogen functional groups attached to an aromatic ring is 1. The van der Waals surface area contributed by atoms with Crippen LogP contribution in [0.2, 0.25) is 0 Å². The maximum Gasteiger partial charge on any atom is 0.215 e. The van der Waals surface area contributed by atoms with Crippen LogP contribution in [0.15, 0.2) is 29.2 Å². The first-order valence-electron chi connectivity index (χ1n) is 6.51. The monoisotopic (exact) mass is 316 g/mol. The molecule has 0 aromatic heterocycles. The molecule has 0 spiro atoms. The van der Waals surface area contributed by atoms with Crippen molar-refractivity contribution in [2.45, 2.75) is 17.4 Å². The molecular weight excluding hydrogens is 296 g/mol. The van der Waals surface area contributed by atoms with Gasteiger partial charge in [-0.05, 0) is 18.6 Å². The summed E-state index contributed by atoms with van der Waals surface area (Å²) in [5.41, 5.74) is 6.52. The Labute approximate surface area is 124 Å². The number of para-hydroxylation sites is 1. The Kier molecular flexibility index (Phi) is 5.31. The van der Waals surface area contributed by atoms with Gasteiger partial charge in [-0.3, -0.25) is 0 Å². The van der Waals surface area contributed by atoms with Gasteiger partial charge in [-0.1, -0.05) is 12.1 Å². The molecule has 1 atom stereocenters. The van der Waals surface area contributed by atoms with E-state index in [4.69, 9.17) is 10.5 Å². The summed E-state index contributed by atoms with van der Waals surface area (Å²) >= 11 is 1.47. The molecule has 1 fully saturated rings. The van der Waals surface area contributed by atoms with Crippen molar-refractivity contribution in [2.24, 2.45) is 0 Å². The number of anilines is 1. The van der Waals surface area contributed by atoms with Gasteiger partial charge in [0, 0.05) is 30.0 Å². The molecule has 1 unspecified atom stereocenters. The van der Waals surface area contributed by atoms with Gasteiger partial charge >= 0.3 is 0 Å². The Balaban J connectivity index is 1.87. The highest BCUT2D eigenvalue weighted by molar-refractivity contribution is 8.00. The molecule has 1 aromatic carbocycles. The van der Waals surface area contributed by atoms with Crippen LogP contribution >= 0.6 is 11.8 Å². The maximum absolute atomic E-state index is 12.2. The Bertz CT molecular complexity index is 542. The Morgan fingerprint density at radius 3 is 2.85 bits per heavy atom. The molecule has 0 saturated carbocycles. The molecule has 0 amide bonds. The number of nitrogens with zero attached hydrogens (tertiary/aromatic N) is 1. The van der Waals surface area contributed by atoms with Gasteiger partial charge in [0.2, 0.25) is 10.0 Å². The second kappa shape index (κ2) is 6.80. The van der Waals surface area contributed by atoms with Crippen LogP contribution in [-0.4, -0.2) is 50.5 Å². The molecule has 5 nitrogen and oxygen atoms in total. The molecule has 20 heavy (non-hydrogen) atoms. The molecule has 1 heterocycles. The molecule has 112 valence electrons. The van der Waals surface area contributed by atoms with Gasteiger partial charge in [0.25, 0.3) is 0 Å². The quantitative estimate of drug-likeness (QED) is 0.634. The second-order valence-electron chi connectivity index (χ2n) is 4.74. The van der Waals surface area contributed by atoms with Crippen molar-refractivity contribution in [2.75, 3.05) is 37.5 Å². The van der Waals surface area contributed by atoms with Gasteiger partial charge in [-0.2, -0.15) is 4.31 Å². The lowest BCUT2D eigenvalue weighted by molar-refractivity contribution is 0.181. The molecule has 0 radical (unpaired) electrons. The van der Waals surface area contributed by atoms with Gasteiger partial charge in [-0.25, -0.2) is 8.42 Å². The number of likely N-dealkylation sites (N-methyl/N-ethyl adjacent to an activating group) is 1. The van der Waals surface area contributed by atoms with Crippen LogP contribution < -0.4 is 5.73 Å². The van der Waals surface area contributed by atoms with E-state index >= 15 is 0 Å². The number of ether oxygens (including phenoxy) is 1. The third kappa shape index (κ3) is 3.88. The van der Waals surface area contributed by atoms with Gasteiger partial charge < -0.3 is 10.5 Å². The second-order valence-corrected chi connectivity index (χ2v) is 8.02. The van der Waals surface area contributed by atoms with Gasteiger partial charge in [-0.15, -0.1) is 11.8 Å². The zero-order valence-corrected chi connectivity index (χ0v) is 13.1. The molecule has 1 aromatic rings. The van der Waals surface area contributed by atoms with Crippen LogP contribution in [0, 0.1) is 0 Å². The summed E-state index contributed by atoms with van der Waals surface area (Å²) in [5.74, 6) is 0.605. The fourth-order valence-electron chi connectivity index (χ4n) is 2.05. The van der Waals surface area contributed by atoms with E-state index in [9.17, 15) is 8.42 Å². The minimum atomic E-state index is -3.24. The first-order chi connectivity index (χ1) is 9.50. The topological polar surface area (TPSA) is 72.6 Å². The first-order valence-corrected chi connectivity index (χ1v) is 9.11. The average molecular weight is 316 g/mol. The molecular formula is C13H20N2O3S2. The number of rotatable bonds is 6. The van der Waals surface area contributed by atoms with E-state index in [1.807, 2.05) is 24.3 Å². The average Bonchev–Trinajstić information content (AvgIpc) is 2.94. The fraction of sp³-hybridized carbons (Fsp3) is 0.538. The largest absolute Gasteiger partial charge is 0.398 e. The highest BCUT2D eigenvalue weighted by Crippen LogP contribution is 2.25. The molecule has 0 aliphatic carbocycles. The molecule has 0 bridgehead atoms. The summed E-state index contributed by atoms with van der Waals surface area (Å²) in [6.07, 6.45) is 0.772. The van der Waals surface area contributed by atoms with E-state index in [0.717, 1.165) is 11.3 Å². The third-order valence-corrected chi connectivity index (χ3v) is 6.62. The number of hydrogen-bond donors (Lipinski definition) is 1. The van der Waals surface area contributed by atoms with Crippen LogP contribution in [0.5, 0.6) is 0 Å². The van der Waals surface area contributed by atoms with E-state index < -0.39 is 10.0 Å². The smallest absolute Gasteiger partial charge is 0.215 e. The van der Waals surface area contributed by atoms with E-state index in [1.165, 1.54) is 16.1 Å². The van der Waals surface area contributed by atoms with Crippen molar-refractivity contribution in [3.63, 3.8) is 0 Å². The lowest BCUT2D eigenvalue weighted by Gasteiger charge is -2.22. The SMILES string of the molecule is CN(C1CCOC1)S(=O)(=O)CCSc1ccccc1N. The van der Waals surface area contributed by atoms with Crippen LogP contribution in [-0.2, 0) is 14.8 Å². The zero-order chi connectivity index (χ0) is 14.6. The van der Waals surface area contributed by atoms with Crippen molar-refractivity contribution in [3.05, 3.63) is 24.3 Å². The summed E-state index contributed by atoms with van der Waals surface area (Å²) in [4.78, 5) is 0.926. The Hall–Kier alpha value is -0.760. The number of hydrogen-bond acceptors (Lipinski definition) is 5. The van der Waals surface area contributed by atoms with E-state index in [0.29, 0.717) is 24.7 Å². The maximum atomic E-state index is 12.2. The fourth-order valence-corrected chi connectivity index (χ4v) is 4.76. The lowest BCUT2D eigenvalue weighted by atomic mass is 10.3. The Morgan fingerprint density at radius 1 is 1.45 bits per heavy atom. The van der Waals surface area contributed by atoms with Crippen LogP contribution in [0.3, 0.4) is 0 Å². The number of sulfonamides is 1. The van der Waals surface area contributed by atoms with Crippen LogP contribution in [0.4, 0.5) is 5.69 Å². The molecule has 2 N–H and O–H groups in total. The molecule has 1 aliphatic heterocycles. The van der Waals surface area contributed by atoms with Crippen molar-refractivity contribution in [3.8, 4) is 0 Å². The zero-order valence-electron chi connectivity index (χ0n) is 11.5. The summed E-state index contributed by atoms with van der Waals surface area (Å²) in [7, 11) is -1.60. The van der Waals surface area contributed by atoms with E-state index in [1.54, 1.807) is 7.05 Å².